The summed E-state index contributed by atoms with van der Waals surface area (Å²) in [5.74, 6) is -1.37. The monoisotopic (exact) mass is 334 g/mol. The predicted molar refractivity (Wildman–Crippen MR) is 78.0 cm³/mol. The SMILES string of the molecule is Cc1noc(C)c1C(=O)N1CCCN1C(=O)c1ccc([N+](=O)[O-])o1. The van der Waals surface area contributed by atoms with Gasteiger partial charge in [0.2, 0.25) is 5.76 Å². The Morgan fingerprint density at radius 1 is 1.21 bits per heavy atom. The summed E-state index contributed by atoms with van der Waals surface area (Å²) >= 11 is 0. The first-order chi connectivity index (χ1) is 11.4. The normalized spacial score (nSPS) is 14.2. The minimum absolute atomic E-state index is 0.194. The lowest BCUT2D eigenvalue weighted by Gasteiger charge is -2.26. The zero-order valence-electron chi connectivity index (χ0n) is 13.0. The lowest BCUT2D eigenvalue weighted by Crippen LogP contribution is -2.45. The Bertz CT molecular complexity index is 804. The van der Waals surface area contributed by atoms with Crippen LogP contribution in [0.25, 0.3) is 0 Å². The summed E-state index contributed by atoms with van der Waals surface area (Å²) < 4.78 is 9.92. The smallest absolute Gasteiger partial charge is 0.395 e. The van der Waals surface area contributed by atoms with Crippen LogP contribution in [0, 0.1) is 24.0 Å². The van der Waals surface area contributed by atoms with E-state index in [-0.39, 0.29) is 5.76 Å². The zero-order valence-corrected chi connectivity index (χ0v) is 13.0. The van der Waals surface area contributed by atoms with E-state index in [2.05, 4.69) is 5.16 Å². The molecule has 10 nitrogen and oxygen atoms in total. The maximum absolute atomic E-state index is 12.7. The molecule has 1 fully saturated rings. The van der Waals surface area contributed by atoms with Crippen molar-refractivity contribution in [3.63, 3.8) is 0 Å². The number of aryl methyl sites for hydroxylation is 2. The van der Waals surface area contributed by atoms with Crippen LogP contribution in [-0.4, -0.2) is 45.0 Å². The van der Waals surface area contributed by atoms with E-state index >= 15 is 0 Å². The van der Waals surface area contributed by atoms with Crippen molar-refractivity contribution in [1.82, 2.24) is 15.2 Å². The molecule has 0 saturated carbocycles. The molecule has 0 radical (unpaired) electrons. The van der Waals surface area contributed by atoms with Crippen LogP contribution in [0.15, 0.2) is 21.1 Å². The fraction of sp³-hybridized carbons (Fsp3) is 0.357. The summed E-state index contributed by atoms with van der Waals surface area (Å²) in [6.07, 6.45) is 0.587. The van der Waals surface area contributed by atoms with Gasteiger partial charge in [-0.05, 0) is 26.3 Å². The van der Waals surface area contributed by atoms with Crippen LogP contribution >= 0.6 is 0 Å². The van der Waals surface area contributed by atoms with Gasteiger partial charge in [-0.1, -0.05) is 5.16 Å². The van der Waals surface area contributed by atoms with E-state index < -0.39 is 22.6 Å². The van der Waals surface area contributed by atoms with E-state index in [9.17, 15) is 19.7 Å². The number of furan rings is 1. The maximum atomic E-state index is 12.7. The highest BCUT2D eigenvalue weighted by Crippen LogP contribution is 2.23. The van der Waals surface area contributed by atoms with Gasteiger partial charge in [0.15, 0.2) is 0 Å². The van der Waals surface area contributed by atoms with Crippen molar-refractivity contribution < 1.29 is 23.5 Å². The van der Waals surface area contributed by atoms with E-state index in [1.807, 2.05) is 0 Å². The Morgan fingerprint density at radius 3 is 2.42 bits per heavy atom. The van der Waals surface area contributed by atoms with Gasteiger partial charge in [-0.15, -0.1) is 0 Å². The summed E-state index contributed by atoms with van der Waals surface area (Å²) in [5.41, 5.74) is 0.741. The second-order valence-corrected chi connectivity index (χ2v) is 5.30. The minimum Gasteiger partial charge on any atom is -0.395 e. The van der Waals surface area contributed by atoms with Crippen LogP contribution in [0.5, 0.6) is 0 Å². The standard InChI is InChI=1S/C14H14N4O6/c1-8-12(9(2)24-15-8)14(20)17-7-3-6-16(17)13(19)10-4-5-11(23-10)18(21)22/h4-5H,3,6-7H2,1-2H3. The summed E-state index contributed by atoms with van der Waals surface area (Å²) in [5, 5.41) is 16.9. The third-order valence-corrected chi connectivity index (χ3v) is 3.73. The number of carbonyl (C=O) groups excluding carboxylic acids is 2. The number of hydrazine groups is 1. The largest absolute Gasteiger partial charge is 0.433 e. The van der Waals surface area contributed by atoms with Gasteiger partial charge in [0.05, 0.1) is 11.8 Å². The molecule has 10 heteroatoms. The van der Waals surface area contributed by atoms with Gasteiger partial charge in [0.1, 0.15) is 16.2 Å². The average Bonchev–Trinajstić information content (AvgIpc) is 3.25. The molecule has 2 aromatic heterocycles. The number of aromatic nitrogens is 1. The molecule has 0 unspecified atom stereocenters. The highest BCUT2D eigenvalue weighted by molar-refractivity contribution is 5.99. The van der Waals surface area contributed by atoms with Gasteiger partial charge >= 0.3 is 11.8 Å². The molecule has 2 amide bonds. The van der Waals surface area contributed by atoms with Crippen LogP contribution in [0.4, 0.5) is 5.88 Å². The lowest BCUT2D eigenvalue weighted by atomic mass is 10.2. The van der Waals surface area contributed by atoms with Crippen molar-refractivity contribution >= 4 is 17.7 Å². The van der Waals surface area contributed by atoms with Crippen LogP contribution in [0.2, 0.25) is 0 Å². The third kappa shape index (κ3) is 2.51. The van der Waals surface area contributed by atoms with E-state index in [1.54, 1.807) is 13.8 Å². The summed E-state index contributed by atoms with van der Waals surface area (Å²) in [6.45, 7) is 3.91. The molecule has 0 bridgehead atoms. The Labute approximate surface area is 135 Å². The van der Waals surface area contributed by atoms with Gasteiger partial charge in [0, 0.05) is 13.1 Å². The van der Waals surface area contributed by atoms with E-state index in [0.717, 1.165) is 6.07 Å². The molecule has 2 aromatic rings. The molecule has 0 aromatic carbocycles. The van der Waals surface area contributed by atoms with Crippen molar-refractivity contribution in [3.05, 3.63) is 45.0 Å². The van der Waals surface area contributed by atoms with Gasteiger partial charge < -0.3 is 8.94 Å². The zero-order chi connectivity index (χ0) is 17.4. The number of hydrogen-bond acceptors (Lipinski definition) is 7. The molecule has 24 heavy (non-hydrogen) atoms. The Balaban J connectivity index is 1.86. The number of amides is 2. The fourth-order valence-corrected chi connectivity index (χ4v) is 2.62. The number of nitro groups is 1. The molecule has 1 aliphatic heterocycles. The van der Waals surface area contributed by atoms with Crippen molar-refractivity contribution in [1.29, 1.82) is 0 Å². The first-order valence-electron chi connectivity index (χ1n) is 7.21. The van der Waals surface area contributed by atoms with Crippen molar-refractivity contribution in [2.24, 2.45) is 0 Å². The number of carbonyl (C=O) groups is 2. The molecule has 3 rings (SSSR count). The molecular weight excluding hydrogens is 320 g/mol. The average molecular weight is 334 g/mol. The molecular formula is C14H14N4O6. The predicted octanol–water partition coefficient (Wildman–Crippen LogP) is 1.70. The minimum atomic E-state index is -0.729. The summed E-state index contributed by atoms with van der Waals surface area (Å²) in [6, 6.07) is 2.32. The first kappa shape index (κ1) is 15.7. The van der Waals surface area contributed by atoms with Gasteiger partial charge in [0.25, 0.3) is 5.91 Å². The van der Waals surface area contributed by atoms with Crippen molar-refractivity contribution in [3.8, 4) is 0 Å². The van der Waals surface area contributed by atoms with E-state index in [1.165, 1.54) is 16.1 Å². The lowest BCUT2D eigenvalue weighted by molar-refractivity contribution is -0.402. The quantitative estimate of drug-likeness (QED) is 0.618. The highest BCUT2D eigenvalue weighted by atomic mass is 16.6. The third-order valence-electron chi connectivity index (χ3n) is 3.73. The van der Waals surface area contributed by atoms with Gasteiger partial charge in [-0.3, -0.25) is 19.7 Å². The summed E-state index contributed by atoms with van der Waals surface area (Å²) in [7, 11) is 0. The summed E-state index contributed by atoms with van der Waals surface area (Å²) in [4.78, 5) is 35.2. The number of hydrogen-bond donors (Lipinski definition) is 0. The van der Waals surface area contributed by atoms with Crippen LogP contribution in [-0.2, 0) is 0 Å². The molecule has 0 spiro atoms. The second-order valence-electron chi connectivity index (χ2n) is 5.30. The van der Waals surface area contributed by atoms with Gasteiger partial charge in [-0.25, -0.2) is 10.0 Å². The Morgan fingerprint density at radius 2 is 1.88 bits per heavy atom. The second kappa shape index (κ2) is 5.80. The molecule has 0 N–H and O–H groups in total. The highest BCUT2D eigenvalue weighted by Gasteiger charge is 2.36. The molecule has 1 aliphatic rings. The van der Waals surface area contributed by atoms with Crippen molar-refractivity contribution in [2.75, 3.05) is 13.1 Å². The number of nitrogens with zero attached hydrogens (tertiary/aromatic N) is 4. The topological polar surface area (TPSA) is 123 Å². The molecule has 3 heterocycles. The molecule has 1 saturated heterocycles. The van der Waals surface area contributed by atoms with Crippen LogP contribution in [0.1, 0.15) is 38.8 Å². The van der Waals surface area contributed by atoms with Crippen molar-refractivity contribution in [2.45, 2.75) is 20.3 Å². The Hall–Kier alpha value is -3.17. The maximum Gasteiger partial charge on any atom is 0.433 e. The molecule has 0 aliphatic carbocycles. The van der Waals surface area contributed by atoms with Crippen LogP contribution in [0.3, 0.4) is 0 Å². The molecule has 0 atom stereocenters. The number of rotatable bonds is 3. The van der Waals surface area contributed by atoms with Gasteiger partial charge in [-0.2, -0.15) is 0 Å². The molecule has 126 valence electrons. The van der Waals surface area contributed by atoms with E-state index in [0.29, 0.717) is 36.5 Å². The first-order valence-corrected chi connectivity index (χ1v) is 7.21. The Kier molecular flexibility index (Phi) is 3.80. The fourth-order valence-electron chi connectivity index (χ4n) is 2.62. The van der Waals surface area contributed by atoms with Crippen LogP contribution < -0.4 is 0 Å². The van der Waals surface area contributed by atoms with E-state index in [4.69, 9.17) is 8.94 Å².